The van der Waals surface area contributed by atoms with Crippen LogP contribution in [0.1, 0.15) is 57.8 Å². The summed E-state index contributed by atoms with van der Waals surface area (Å²) in [5.74, 6) is 0. The molecule has 1 N–H and O–H groups in total. The van der Waals surface area contributed by atoms with E-state index in [1.54, 1.807) is 0 Å². The van der Waals surface area contributed by atoms with Gasteiger partial charge in [-0.15, -0.1) is 0 Å². The Balaban J connectivity index is 1.40. The maximum atomic E-state index is 5.95. The maximum Gasteiger partial charge on any atom is 0.0730 e. The second-order valence-electron chi connectivity index (χ2n) is 6.59. The van der Waals surface area contributed by atoms with Crippen LogP contribution in [-0.2, 0) is 4.74 Å². The molecule has 3 nitrogen and oxygen atoms in total. The number of nitrogens with zero attached hydrogens (tertiary/aromatic N) is 1. The van der Waals surface area contributed by atoms with Gasteiger partial charge in [0.05, 0.1) is 12.7 Å². The summed E-state index contributed by atoms with van der Waals surface area (Å²) in [5, 5.41) is 3.78. The minimum Gasteiger partial charge on any atom is -0.375 e. The highest BCUT2D eigenvalue weighted by atomic mass is 16.5. The highest BCUT2D eigenvalue weighted by molar-refractivity contribution is 4.87. The molecule has 2 aliphatic carbocycles. The molecule has 0 spiro atoms. The molecule has 0 amide bonds. The summed E-state index contributed by atoms with van der Waals surface area (Å²) in [6.07, 6.45) is 13.1. The predicted molar refractivity (Wildman–Crippen MR) is 78.4 cm³/mol. The number of rotatable bonds is 4. The monoisotopic (exact) mass is 266 g/mol. The van der Waals surface area contributed by atoms with Gasteiger partial charge in [0.25, 0.3) is 0 Å². The molecule has 1 saturated heterocycles. The van der Waals surface area contributed by atoms with Crippen LogP contribution in [0.5, 0.6) is 0 Å². The predicted octanol–water partition coefficient (Wildman–Crippen LogP) is 2.55. The molecular weight excluding hydrogens is 236 g/mol. The zero-order valence-corrected chi connectivity index (χ0v) is 12.3. The Morgan fingerprint density at radius 2 is 1.74 bits per heavy atom. The average molecular weight is 266 g/mol. The molecule has 3 heteroatoms. The number of ether oxygens (including phenoxy) is 1. The molecule has 3 fully saturated rings. The van der Waals surface area contributed by atoms with Crippen molar-refractivity contribution in [3.05, 3.63) is 0 Å². The molecule has 2 saturated carbocycles. The molecule has 1 heterocycles. The Kier molecular flexibility index (Phi) is 5.14. The summed E-state index contributed by atoms with van der Waals surface area (Å²) in [7, 11) is 0. The van der Waals surface area contributed by atoms with Crippen molar-refractivity contribution in [2.24, 2.45) is 0 Å². The van der Waals surface area contributed by atoms with Gasteiger partial charge in [-0.05, 0) is 25.7 Å². The first-order valence-electron chi connectivity index (χ1n) is 8.52. The standard InChI is InChI=1S/C16H30N2O/c1-2-6-14(7-3-1)17-10-11-18-12-13-19-16-9-5-4-8-15(16)18/h14-17H,1-13H2. The molecule has 110 valence electrons. The van der Waals surface area contributed by atoms with Crippen molar-refractivity contribution in [1.82, 2.24) is 10.2 Å². The van der Waals surface area contributed by atoms with Gasteiger partial charge in [-0.3, -0.25) is 4.90 Å². The van der Waals surface area contributed by atoms with Gasteiger partial charge in [-0.2, -0.15) is 0 Å². The summed E-state index contributed by atoms with van der Waals surface area (Å²) >= 11 is 0. The van der Waals surface area contributed by atoms with E-state index in [9.17, 15) is 0 Å². The van der Waals surface area contributed by atoms with Crippen LogP contribution in [-0.4, -0.2) is 49.3 Å². The quantitative estimate of drug-likeness (QED) is 0.846. The normalized spacial score (nSPS) is 34.1. The third-order valence-corrected chi connectivity index (χ3v) is 5.28. The number of hydrogen-bond acceptors (Lipinski definition) is 3. The van der Waals surface area contributed by atoms with Crippen LogP contribution in [0.15, 0.2) is 0 Å². The molecule has 2 unspecified atom stereocenters. The summed E-state index contributed by atoms with van der Waals surface area (Å²) in [5.41, 5.74) is 0. The van der Waals surface area contributed by atoms with E-state index >= 15 is 0 Å². The van der Waals surface area contributed by atoms with Crippen LogP contribution in [0.25, 0.3) is 0 Å². The topological polar surface area (TPSA) is 24.5 Å². The van der Waals surface area contributed by atoms with Crippen molar-refractivity contribution in [2.75, 3.05) is 26.2 Å². The zero-order valence-electron chi connectivity index (χ0n) is 12.3. The van der Waals surface area contributed by atoms with E-state index in [0.29, 0.717) is 6.10 Å². The lowest BCUT2D eigenvalue weighted by molar-refractivity contribution is -0.0875. The fraction of sp³-hybridized carbons (Fsp3) is 1.00. The smallest absolute Gasteiger partial charge is 0.0730 e. The minimum absolute atomic E-state index is 0.539. The summed E-state index contributed by atoms with van der Waals surface area (Å²) in [4.78, 5) is 2.70. The van der Waals surface area contributed by atoms with E-state index < -0.39 is 0 Å². The first kappa shape index (κ1) is 13.8. The van der Waals surface area contributed by atoms with Gasteiger partial charge in [-0.25, -0.2) is 0 Å². The molecule has 19 heavy (non-hydrogen) atoms. The Hall–Kier alpha value is -0.120. The highest BCUT2D eigenvalue weighted by Gasteiger charge is 2.33. The third-order valence-electron chi connectivity index (χ3n) is 5.28. The van der Waals surface area contributed by atoms with Crippen LogP contribution >= 0.6 is 0 Å². The van der Waals surface area contributed by atoms with Gasteiger partial charge in [0.15, 0.2) is 0 Å². The van der Waals surface area contributed by atoms with E-state index in [0.717, 1.165) is 25.2 Å². The highest BCUT2D eigenvalue weighted by Crippen LogP contribution is 2.28. The lowest BCUT2D eigenvalue weighted by atomic mass is 9.90. The van der Waals surface area contributed by atoms with Crippen LogP contribution in [0, 0.1) is 0 Å². The molecule has 0 bridgehead atoms. The Labute approximate surface area is 118 Å². The minimum atomic E-state index is 0.539. The van der Waals surface area contributed by atoms with Crippen molar-refractivity contribution in [3.63, 3.8) is 0 Å². The third kappa shape index (κ3) is 3.71. The molecule has 3 rings (SSSR count). The number of nitrogens with one attached hydrogen (secondary N) is 1. The fourth-order valence-corrected chi connectivity index (χ4v) is 4.17. The van der Waals surface area contributed by atoms with E-state index in [2.05, 4.69) is 10.2 Å². The Morgan fingerprint density at radius 1 is 0.947 bits per heavy atom. The van der Waals surface area contributed by atoms with Crippen LogP contribution in [0.4, 0.5) is 0 Å². The van der Waals surface area contributed by atoms with Crippen molar-refractivity contribution in [3.8, 4) is 0 Å². The van der Waals surface area contributed by atoms with Crippen LogP contribution < -0.4 is 5.32 Å². The lowest BCUT2D eigenvalue weighted by Gasteiger charge is -2.44. The average Bonchev–Trinajstić information content (AvgIpc) is 2.49. The molecule has 0 aromatic heterocycles. The Bertz CT molecular complexity index is 263. The van der Waals surface area contributed by atoms with Crippen molar-refractivity contribution in [1.29, 1.82) is 0 Å². The molecule has 2 atom stereocenters. The van der Waals surface area contributed by atoms with Gasteiger partial charge >= 0.3 is 0 Å². The summed E-state index contributed by atoms with van der Waals surface area (Å²) < 4.78 is 5.95. The largest absolute Gasteiger partial charge is 0.375 e. The second kappa shape index (κ2) is 7.05. The number of fused-ring (bicyclic) bond motifs is 1. The van der Waals surface area contributed by atoms with Gasteiger partial charge < -0.3 is 10.1 Å². The van der Waals surface area contributed by atoms with E-state index in [4.69, 9.17) is 4.74 Å². The molecular formula is C16H30N2O. The molecule has 1 aliphatic heterocycles. The molecule has 0 aromatic rings. The van der Waals surface area contributed by atoms with E-state index in [1.807, 2.05) is 0 Å². The first-order valence-corrected chi connectivity index (χ1v) is 8.52. The van der Waals surface area contributed by atoms with Crippen LogP contribution in [0.3, 0.4) is 0 Å². The number of hydrogen-bond donors (Lipinski definition) is 1. The number of morpholine rings is 1. The maximum absolute atomic E-state index is 5.95. The Morgan fingerprint density at radius 3 is 2.63 bits per heavy atom. The lowest BCUT2D eigenvalue weighted by Crippen LogP contribution is -2.54. The summed E-state index contributed by atoms with van der Waals surface area (Å²) in [6, 6.07) is 1.52. The van der Waals surface area contributed by atoms with Gasteiger partial charge in [0.1, 0.15) is 0 Å². The van der Waals surface area contributed by atoms with E-state index in [1.165, 1.54) is 70.9 Å². The summed E-state index contributed by atoms with van der Waals surface area (Å²) in [6.45, 7) is 4.49. The van der Waals surface area contributed by atoms with Gasteiger partial charge in [0, 0.05) is 31.7 Å². The second-order valence-corrected chi connectivity index (χ2v) is 6.59. The molecule has 3 aliphatic rings. The van der Waals surface area contributed by atoms with Crippen molar-refractivity contribution < 1.29 is 4.74 Å². The van der Waals surface area contributed by atoms with Crippen LogP contribution in [0.2, 0.25) is 0 Å². The molecule has 0 radical (unpaired) electrons. The van der Waals surface area contributed by atoms with Crippen molar-refractivity contribution >= 4 is 0 Å². The van der Waals surface area contributed by atoms with Gasteiger partial charge in [0.2, 0.25) is 0 Å². The van der Waals surface area contributed by atoms with Crippen molar-refractivity contribution in [2.45, 2.75) is 76.0 Å². The SMILES string of the molecule is C1CCC(NCCN2CCOC3CCCCC32)CC1. The molecule has 0 aromatic carbocycles. The zero-order chi connectivity index (χ0) is 12.9. The first-order chi connectivity index (χ1) is 9.43. The van der Waals surface area contributed by atoms with Gasteiger partial charge in [-0.1, -0.05) is 32.1 Å². The van der Waals surface area contributed by atoms with E-state index in [-0.39, 0.29) is 0 Å². The fourth-order valence-electron chi connectivity index (χ4n) is 4.17.